The summed E-state index contributed by atoms with van der Waals surface area (Å²) in [6, 6.07) is 0. The van der Waals surface area contributed by atoms with Gasteiger partial charge in [-0.2, -0.15) is 0 Å². The molecule has 0 radical (unpaired) electrons. The van der Waals surface area contributed by atoms with Crippen LogP contribution in [0.5, 0.6) is 0 Å². The molecular formula is C7H11NO4. The first kappa shape index (κ1) is 10.6. The molecule has 1 fully saturated rings. The first-order valence-electron chi connectivity index (χ1n) is 3.60. The van der Waals surface area contributed by atoms with Gasteiger partial charge < -0.3 is 5.11 Å². The number of nitrogens with one attached hydrogen (secondary N) is 1. The lowest BCUT2D eigenvalue weighted by molar-refractivity contribution is -0.136. The lowest BCUT2D eigenvalue weighted by Crippen LogP contribution is -2.18. The maximum Gasteiger partial charge on any atom is 0.303 e. The molecule has 0 saturated carbocycles. The lowest BCUT2D eigenvalue weighted by atomic mass is 10.4. The SMILES string of the molecule is CCC(=O)O.O=C1CCC(=O)N1. The summed E-state index contributed by atoms with van der Waals surface area (Å²) in [6.07, 6.45) is 0.970. The number of carbonyl (C=O) groups is 3. The van der Waals surface area contributed by atoms with Crippen molar-refractivity contribution in [2.45, 2.75) is 26.2 Å². The quantitative estimate of drug-likeness (QED) is 0.542. The number of hydrogen-bond donors (Lipinski definition) is 2. The molecule has 2 N–H and O–H groups in total. The Balaban J connectivity index is 0.000000217. The van der Waals surface area contributed by atoms with E-state index in [0.29, 0.717) is 12.8 Å². The number of imide groups is 1. The molecule has 2 amide bonds. The van der Waals surface area contributed by atoms with E-state index < -0.39 is 5.97 Å². The van der Waals surface area contributed by atoms with Crippen LogP contribution < -0.4 is 5.32 Å². The topological polar surface area (TPSA) is 83.5 Å². The third kappa shape index (κ3) is 5.40. The van der Waals surface area contributed by atoms with Crippen LogP contribution in [0.15, 0.2) is 0 Å². The van der Waals surface area contributed by atoms with E-state index in [1.165, 1.54) is 0 Å². The summed E-state index contributed by atoms with van der Waals surface area (Å²) in [4.78, 5) is 29.6. The summed E-state index contributed by atoms with van der Waals surface area (Å²) >= 11 is 0. The Morgan fingerprint density at radius 3 is 1.83 bits per heavy atom. The normalized spacial score (nSPS) is 14.8. The Morgan fingerprint density at radius 2 is 1.75 bits per heavy atom. The van der Waals surface area contributed by atoms with Gasteiger partial charge in [-0.15, -0.1) is 0 Å². The summed E-state index contributed by atoms with van der Waals surface area (Å²) in [7, 11) is 0. The zero-order valence-electron chi connectivity index (χ0n) is 6.79. The van der Waals surface area contributed by atoms with Crippen molar-refractivity contribution in [1.82, 2.24) is 5.32 Å². The van der Waals surface area contributed by atoms with Gasteiger partial charge in [-0.25, -0.2) is 0 Å². The van der Waals surface area contributed by atoms with Crippen LogP contribution in [0, 0.1) is 0 Å². The predicted molar refractivity (Wildman–Crippen MR) is 40.3 cm³/mol. The zero-order valence-corrected chi connectivity index (χ0v) is 6.79. The van der Waals surface area contributed by atoms with Crippen LogP contribution in [-0.4, -0.2) is 22.9 Å². The van der Waals surface area contributed by atoms with Gasteiger partial charge in [-0.05, 0) is 0 Å². The first-order valence-corrected chi connectivity index (χ1v) is 3.60. The minimum atomic E-state index is -0.745. The Bertz CT molecular complexity index is 186. The van der Waals surface area contributed by atoms with Crippen LogP contribution in [0.4, 0.5) is 0 Å². The molecule has 12 heavy (non-hydrogen) atoms. The third-order valence-electron chi connectivity index (χ3n) is 1.16. The molecule has 0 atom stereocenters. The van der Waals surface area contributed by atoms with Gasteiger partial charge in [0.05, 0.1) is 0 Å². The van der Waals surface area contributed by atoms with Gasteiger partial charge in [0, 0.05) is 19.3 Å². The molecule has 5 heteroatoms. The van der Waals surface area contributed by atoms with E-state index in [1.54, 1.807) is 6.92 Å². The first-order chi connectivity index (χ1) is 5.56. The smallest absolute Gasteiger partial charge is 0.303 e. The second-order valence-corrected chi connectivity index (χ2v) is 2.22. The summed E-state index contributed by atoms with van der Waals surface area (Å²) < 4.78 is 0. The maximum atomic E-state index is 10.1. The fourth-order valence-electron chi connectivity index (χ4n) is 0.508. The highest BCUT2D eigenvalue weighted by Gasteiger charge is 2.15. The highest BCUT2D eigenvalue weighted by atomic mass is 16.4. The monoisotopic (exact) mass is 173 g/mol. The number of carbonyl (C=O) groups excluding carboxylic acids is 2. The molecule has 0 aromatic heterocycles. The maximum absolute atomic E-state index is 10.1. The van der Waals surface area contributed by atoms with Crippen molar-refractivity contribution < 1.29 is 19.5 Å². The molecule has 1 heterocycles. The van der Waals surface area contributed by atoms with Crippen molar-refractivity contribution in [3.63, 3.8) is 0 Å². The van der Waals surface area contributed by atoms with Crippen molar-refractivity contribution >= 4 is 17.8 Å². The van der Waals surface area contributed by atoms with Crippen LogP contribution in [0.3, 0.4) is 0 Å². The molecule has 0 aliphatic carbocycles. The van der Waals surface area contributed by atoms with Crippen molar-refractivity contribution in [2.75, 3.05) is 0 Å². The Labute approximate surface area is 69.8 Å². The van der Waals surface area contributed by atoms with E-state index in [1.807, 2.05) is 0 Å². The van der Waals surface area contributed by atoms with Crippen LogP contribution in [0.25, 0.3) is 0 Å². The highest BCUT2D eigenvalue weighted by Crippen LogP contribution is 1.95. The number of hydrogen-bond acceptors (Lipinski definition) is 3. The average molecular weight is 173 g/mol. The Kier molecular flexibility index (Phi) is 4.67. The molecular weight excluding hydrogens is 162 g/mol. The van der Waals surface area contributed by atoms with E-state index >= 15 is 0 Å². The molecule has 68 valence electrons. The van der Waals surface area contributed by atoms with Crippen molar-refractivity contribution in [1.29, 1.82) is 0 Å². The lowest BCUT2D eigenvalue weighted by Gasteiger charge is -1.79. The van der Waals surface area contributed by atoms with E-state index in [2.05, 4.69) is 5.32 Å². The van der Waals surface area contributed by atoms with E-state index in [9.17, 15) is 14.4 Å². The van der Waals surface area contributed by atoms with Crippen LogP contribution in [0.2, 0.25) is 0 Å². The summed E-state index contributed by atoms with van der Waals surface area (Å²) in [6.45, 7) is 1.60. The second kappa shape index (κ2) is 5.29. The Morgan fingerprint density at radius 1 is 1.42 bits per heavy atom. The molecule has 0 spiro atoms. The Hall–Kier alpha value is -1.39. The average Bonchev–Trinajstić information content (AvgIpc) is 2.36. The van der Waals surface area contributed by atoms with E-state index in [-0.39, 0.29) is 18.2 Å². The summed E-state index contributed by atoms with van der Waals surface area (Å²) in [5.74, 6) is -1.04. The minimum absolute atomic E-state index is 0.148. The van der Waals surface area contributed by atoms with Gasteiger partial charge in [-0.3, -0.25) is 19.7 Å². The molecule has 1 aliphatic heterocycles. The zero-order chi connectivity index (χ0) is 9.56. The summed E-state index contributed by atoms with van der Waals surface area (Å²) in [5.41, 5.74) is 0. The number of carboxylic acid groups (broad SMARTS) is 1. The predicted octanol–water partition coefficient (Wildman–Crippen LogP) is -0.0960. The minimum Gasteiger partial charge on any atom is -0.481 e. The van der Waals surface area contributed by atoms with Crippen molar-refractivity contribution in [3.05, 3.63) is 0 Å². The number of rotatable bonds is 1. The fraction of sp³-hybridized carbons (Fsp3) is 0.571. The highest BCUT2D eigenvalue weighted by molar-refractivity contribution is 6.01. The standard InChI is InChI=1S/C4H5NO2.C3H6O2/c6-3-1-2-4(7)5-3;1-2-3(4)5/h1-2H2,(H,5,6,7);2H2,1H3,(H,4,5). The van der Waals surface area contributed by atoms with E-state index in [4.69, 9.17) is 5.11 Å². The van der Waals surface area contributed by atoms with Crippen LogP contribution in [-0.2, 0) is 14.4 Å². The molecule has 5 nitrogen and oxygen atoms in total. The molecule has 1 aliphatic rings. The van der Waals surface area contributed by atoms with Gasteiger partial charge in [0.1, 0.15) is 0 Å². The molecule has 0 aromatic rings. The second-order valence-electron chi connectivity index (χ2n) is 2.22. The number of aliphatic carboxylic acids is 1. The van der Waals surface area contributed by atoms with Crippen LogP contribution in [0.1, 0.15) is 26.2 Å². The van der Waals surface area contributed by atoms with Gasteiger partial charge in [0.2, 0.25) is 11.8 Å². The molecule has 1 saturated heterocycles. The van der Waals surface area contributed by atoms with Gasteiger partial charge in [0.15, 0.2) is 0 Å². The van der Waals surface area contributed by atoms with Crippen LogP contribution >= 0.6 is 0 Å². The summed E-state index contributed by atoms with van der Waals surface area (Å²) in [5, 5.41) is 9.86. The molecule has 0 aromatic carbocycles. The number of carboxylic acids is 1. The molecule has 0 unspecified atom stereocenters. The third-order valence-corrected chi connectivity index (χ3v) is 1.16. The van der Waals surface area contributed by atoms with Crippen molar-refractivity contribution in [2.24, 2.45) is 0 Å². The van der Waals surface area contributed by atoms with Gasteiger partial charge in [0.25, 0.3) is 0 Å². The molecule has 1 rings (SSSR count). The van der Waals surface area contributed by atoms with Gasteiger partial charge >= 0.3 is 5.97 Å². The molecule has 0 bridgehead atoms. The largest absolute Gasteiger partial charge is 0.481 e. The number of amides is 2. The fourth-order valence-corrected chi connectivity index (χ4v) is 0.508. The van der Waals surface area contributed by atoms with Gasteiger partial charge in [-0.1, -0.05) is 6.92 Å². The van der Waals surface area contributed by atoms with E-state index in [0.717, 1.165) is 0 Å². The van der Waals surface area contributed by atoms with Crippen molar-refractivity contribution in [3.8, 4) is 0 Å².